The summed E-state index contributed by atoms with van der Waals surface area (Å²) in [6.45, 7) is 0.428. The first kappa shape index (κ1) is 16.8. The third kappa shape index (κ3) is 2.17. The molecule has 5 nitrogen and oxygen atoms in total. The normalized spacial score (nSPS) is 33.0. The summed E-state index contributed by atoms with van der Waals surface area (Å²) in [4.78, 5) is 11.0. The molecule has 0 radical (unpaired) electrons. The maximum Gasteiger partial charge on any atom is 0.449 e. The van der Waals surface area contributed by atoms with E-state index in [0.29, 0.717) is 6.08 Å². The Morgan fingerprint density at radius 3 is 2.40 bits per heavy atom. The summed E-state index contributed by atoms with van der Waals surface area (Å²) in [7, 11) is 0.907. The number of carbonyl (C=O) groups is 1. The highest BCUT2D eigenvalue weighted by atomic mass is 19.4. The summed E-state index contributed by atoms with van der Waals surface area (Å²) < 4.78 is 78.2. The van der Waals surface area contributed by atoms with Crippen LogP contribution in [0, 0.1) is 0 Å². The molecule has 20 heavy (non-hydrogen) atoms. The molecule has 0 aliphatic carbocycles. The van der Waals surface area contributed by atoms with Gasteiger partial charge in [0.15, 0.2) is 0 Å². The second-order valence-corrected chi connectivity index (χ2v) is 4.06. The van der Waals surface area contributed by atoms with Crippen molar-refractivity contribution in [3.63, 3.8) is 0 Å². The number of carbonyl (C=O) groups excluding carboxylic acids is 1. The van der Waals surface area contributed by atoms with Gasteiger partial charge in [0.1, 0.15) is 0 Å². The minimum atomic E-state index is -5.80. The number of halogens is 5. The van der Waals surface area contributed by atoms with Crippen LogP contribution in [0.25, 0.3) is 0 Å². The molecule has 2 atom stereocenters. The standard InChI is InChI=1S/C10H11F5O5/c1-3-6(16)20-7(4-18-2)5-19-9(17,8(7,11)12)10(13,14)15/h3,17H,1,4-5H2,2H3. The SMILES string of the molecule is C=CC(=O)OC1(COC)COC(O)(C(F)(F)F)C1(F)F. The number of alkyl halides is 5. The first-order valence-electron chi connectivity index (χ1n) is 5.12. The van der Waals surface area contributed by atoms with E-state index in [1.807, 2.05) is 0 Å². The van der Waals surface area contributed by atoms with Crippen LogP contribution in [0.2, 0.25) is 0 Å². The molecule has 0 amide bonds. The molecule has 1 N–H and O–H groups in total. The van der Waals surface area contributed by atoms with Crippen LogP contribution in [0.4, 0.5) is 22.0 Å². The Labute approximate surface area is 109 Å². The van der Waals surface area contributed by atoms with Crippen LogP contribution in [-0.4, -0.2) is 54.9 Å². The first-order valence-corrected chi connectivity index (χ1v) is 5.12. The zero-order valence-electron chi connectivity index (χ0n) is 10.2. The lowest BCUT2D eigenvalue weighted by Crippen LogP contribution is -2.65. The van der Waals surface area contributed by atoms with Gasteiger partial charge in [-0.05, 0) is 0 Å². The van der Waals surface area contributed by atoms with Crippen LogP contribution in [0.15, 0.2) is 12.7 Å². The molecule has 1 saturated heterocycles. The van der Waals surface area contributed by atoms with Gasteiger partial charge < -0.3 is 19.3 Å². The van der Waals surface area contributed by atoms with Gasteiger partial charge in [0.05, 0.1) is 13.2 Å². The molecular weight excluding hydrogens is 295 g/mol. The predicted octanol–water partition coefficient (Wildman–Crippen LogP) is 1.02. The van der Waals surface area contributed by atoms with Gasteiger partial charge in [0.25, 0.3) is 0 Å². The van der Waals surface area contributed by atoms with Crippen molar-refractivity contribution in [1.29, 1.82) is 0 Å². The van der Waals surface area contributed by atoms with Crippen LogP contribution < -0.4 is 0 Å². The topological polar surface area (TPSA) is 65.0 Å². The van der Waals surface area contributed by atoms with Crippen LogP contribution in [0.1, 0.15) is 0 Å². The van der Waals surface area contributed by atoms with E-state index in [4.69, 9.17) is 5.11 Å². The second-order valence-electron chi connectivity index (χ2n) is 4.06. The molecule has 1 heterocycles. The van der Waals surface area contributed by atoms with Crippen molar-refractivity contribution in [2.75, 3.05) is 20.3 Å². The summed E-state index contributed by atoms with van der Waals surface area (Å²) in [5.74, 6) is -11.2. The fourth-order valence-corrected chi connectivity index (χ4v) is 1.69. The molecule has 0 aromatic rings. The van der Waals surface area contributed by atoms with E-state index in [1.165, 1.54) is 0 Å². The van der Waals surface area contributed by atoms with E-state index < -0.39 is 42.7 Å². The number of methoxy groups -OCH3 is 1. The average Bonchev–Trinajstić information content (AvgIpc) is 2.51. The van der Waals surface area contributed by atoms with Gasteiger partial charge in [-0.1, -0.05) is 6.58 Å². The Kier molecular flexibility index (Phi) is 4.14. The lowest BCUT2D eigenvalue weighted by Gasteiger charge is -2.36. The van der Waals surface area contributed by atoms with E-state index in [9.17, 15) is 26.7 Å². The molecule has 1 rings (SSSR count). The largest absolute Gasteiger partial charge is 0.449 e. The number of hydrogen-bond acceptors (Lipinski definition) is 5. The van der Waals surface area contributed by atoms with Crippen molar-refractivity contribution >= 4 is 5.97 Å². The van der Waals surface area contributed by atoms with Gasteiger partial charge in [-0.15, -0.1) is 0 Å². The summed E-state index contributed by atoms with van der Waals surface area (Å²) in [6, 6.07) is 0. The van der Waals surface area contributed by atoms with Gasteiger partial charge in [0.2, 0.25) is 5.60 Å². The number of rotatable bonds is 4. The lowest BCUT2D eigenvalue weighted by molar-refractivity contribution is -0.410. The van der Waals surface area contributed by atoms with Crippen LogP contribution >= 0.6 is 0 Å². The molecule has 0 spiro atoms. The molecule has 1 aliphatic heterocycles. The summed E-state index contributed by atoms with van der Waals surface area (Å²) >= 11 is 0. The van der Waals surface area contributed by atoms with Gasteiger partial charge in [-0.2, -0.15) is 22.0 Å². The number of esters is 1. The van der Waals surface area contributed by atoms with Crippen LogP contribution in [-0.2, 0) is 19.0 Å². The highest BCUT2D eigenvalue weighted by molar-refractivity contribution is 5.81. The van der Waals surface area contributed by atoms with E-state index >= 15 is 0 Å². The van der Waals surface area contributed by atoms with Gasteiger partial charge in [-0.3, -0.25) is 0 Å². The van der Waals surface area contributed by atoms with Crippen molar-refractivity contribution in [1.82, 2.24) is 0 Å². The highest BCUT2D eigenvalue weighted by Crippen LogP contribution is 2.54. The fraction of sp³-hybridized carbons (Fsp3) is 0.700. The molecule has 0 aromatic carbocycles. The Balaban J connectivity index is 3.28. The Morgan fingerprint density at radius 2 is 2.05 bits per heavy atom. The molecule has 2 unspecified atom stereocenters. The fourth-order valence-electron chi connectivity index (χ4n) is 1.69. The minimum absolute atomic E-state index is 0.485. The third-order valence-corrected chi connectivity index (χ3v) is 2.74. The lowest BCUT2D eigenvalue weighted by atomic mass is 9.93. The summed E-state index contributed by atoms with van der Waals surface area (Å²) in [6.07, 6.45) is -5.31. The maximum absolute atomic E-state index is 14.0. The zero-order valence-corrected chi connectivity index (χ0v) is 10.2. The van der Waals surface area contributed by atoms with Crippen molar-refractivity contribution in [3.05, 3.63) is 12.7 Å². The van der Waals surface area contributed by atoms with Gasteiger partial charge >= 0.3 is 23.9 Å². The number of hydrogen-bond donors (Lipinski definition) is 1. The monoisotopic (exact) mass is 306 g/mol. The van der Waals surface area contributed by atoms with E-state index in [2.05, 4.69) is 20.8 Å². The molecule has 1 aliphatic rings. The Hall–Kier alpha value is -1.26. The quantitative estimate of drug-likeness (QED) is 0.477. The molecule has 0 aromatic heterocycles. The third-order valence-electron chi connectivity index (χ3n) is 2.74. The molecule has 1 fully saturated rings. The molecule has 0 bridgehead atoms. The highest BCUT2D eigenvalue weighted by Gasteiger charge is 2.84. The molecule has 116 valence electrons. The van der Waals surface area contributed by atoms with Crippen LogP contribution in [0.5, 0.6) is 0 Å². The van der Waals surface area contributed by atoms with E-state index in [0.717, 1.165) is 7.11 Å². The van der Waals surface area contributed by atoms with Crippen molar-refractivity contribution in [2.45, 2.75) is 23.5 Å². The van der Waals surface area contributed by atoms with Crippen molar-refractivity contribution in [3.8, 4) is 0 Å². The summed E-state index contributed by atoms with van der Waals surface area (Å²) in [5.41, 5.74) is -3.11. The Morgan fingerprint density at radius 1 is 1.50 bits per heavy atom. The molecule has 0 saturated carbocycles. The van der Waals surface area contributed by atoms with Gasteiger partial charge in [0, 0.05) is 13.2 Å². The van der Waals surface area contributed by atoms with Crippen molar-refractivity contribution < 1.29 is 46.1 Å². The smallest absolute Gasteiger partial charge is 0.444 e. The molecular formula is C10H11F5O5. The van der Waals surface area contributed by atoms with E-state index in [1.54, 1.807) is 0 Å². The molecule has 10 heteroatoms. The Bertz CT molecular complexity index is 409. The van der Waals surface area contributed by atoms with Crippen molar-refractivity contribution in [2.24, 2.45) is 0 Å². The summed E-state index contributed by atoms with van der Waals surface area (Å²) in [5, 5.41) is 9.13. The predicted molar refractivity (Wildman–Crippen MR) is 52.8 cm³/mol. The van der Waals surface area contributed by atoms with Gasteiger partial charge in [-0.25, -0.2) is 4.79 Å². The minimum Gasteiger partial charge on any atom is -0.444 e. The van der Waals surface area contributed by atoms with E-state index in [-0.39, 0.29) is 0 Å². The average molecular weight is 306 g/mol. The number of ether oxygens (including phenoxy) is 3. The van der Waals surface area contributed by atoms with Crippen LogP contribution in [0.3, 0.4) is 0 Å². The zero-order chi connectivity index (χ0) is 15.8. The number of aliphatic hydroxyl groups is 1. The second kappa shape index (κ2) is 4.93. The first-order chi connectivity index (χ1) is 8.97. The maximum atomic E-state index is 14.0.